The Hall–Kier alpha value is -1.53. The highest BCUT2D eigenvalue weighted by atomic mass is 35.5. The van der Waals surface area contributed by atoms with Crippen molar-refractivity contribution in [3.05, 3.63) is 34.3 Å². The number of nitriles is 1. The zero-order valence-electron chi connectivity index (χ0n) is 9.33. The summed E-state index contributed by atoms with van der Waals surface area (Å²) in [7, 11) is 0. The summed E-state index contributed by atoms with van der Waals surface area (Å²) in [5, 5.41) is 9.07. The second kappa shape index (κ2) is 5.53. The smallest absolute Gasteiger partial charge is 0.256 e. The lowest BCUT2D eigenvalue weighted by Crippen LogP contribution is -2.31. The highest BCUT2D eigenvalue weighted by Crippen LogP contribution is 2.21. The lowest BCUT2D eigenvalue weighted by atomic mass is 10.1. The van der Waals surface area contributed by atoms with E-state index in [1.165, 1.54) is 4.90 Å². The Bertz CT molecular complexity index is 437. The van der Waals surface area contributed by atoms with Gasteiger partial charge in [-0.25, -0.2) is 0 Å². The molecule has 84 valence electrons. The first-order valence-electron chi connectivity index (χ1n) is 5.03. The lowest BCUT2D eigenvalue weighted by Gasteiger charge is -2.18. The number of benzene rings is 1. The van der Waals surface area contributed by atoms with Gasteiger partial charge in [0.05, 0.1) is 16.7 Å². The third kappa shape index (κ3) is 2.53. The van der Waals surface area contributed by atoms with Gasteiger partial charge in [-0.3, -0.25) is 4.79 Å². The maximum atomic E-state index is 12.0. The number of nitrogens with zero attached hydrogens (tertiary/aromatic N) is 2. The number of hydrogen-bond donors (Lipinski definition) is 0. The predicted octanol–water partition coefficient (Wildman–Crippen LogP) is 2.63. The van der Waals surface area contributed by atoms with Crippen molar-refractivity contribution in [2.75, 3.05) is 13.1 Å². The summed E-state index contributed by atoms with van der Waals surface area (Å²) in [4.78, 5) is 13.5. The van der Waals surface area contributed by atoms with E-state index < -0.39 is 0 Å². The van der Waals surface area contributed by atoms with Crippen LogP contribution in [0.3, 0.4) is 0 Å². The monoisotopic (exact) mass is 236 g/mol. The summed E-state index contributed by atoms with van der Waals surface area (Å²) in [5.41, 5.74) is 1.32. The number of amides is 1. The third-order valence-corrected chi connectivity index (χ3v) is 2.85. The molecule has 0 aliphatic heterocycles. The Morgan fingerprint density at radius 2 is 2.25 bits per heavy atom. The van der Waals surface area contributed by atoms with Crippen LogP contribution in [-0.2, 0) is 0 Å². The first kappa shape index (κ1) is 12.5. The largest absolute Gasteiger partial charge is 0.326 e. The summed E-state index contributed by atoms with van der Waals surface area (Å²) < 4.78 is 0. The number of hydrogen-bond acceptors (Lipinski definition) is 2. The zero-order chi connectivity index (χ0) is 12.1. The van der Waals surface area contributed by atoms with E-state index in [2.05, 4.69) is 0 Å². The van der Waals surface area contributed by atoms with Crippen LogP contribution in [0.25, 0.3) is 0 Å². The average molecular weight is 237 g/mol. The van der Waals surface area contributed by atoms with Crippen LogP contribution in [0.2, 0.25) is 5.02 Å². The third-order valence-electron chi connectivity index (χ3n) is 2.35. The van der Waals surface area contributed by atoms with Gasteiger partial charge in [0.25, 0.3) is 5.91 Å². The standard InChI is InChI=1S/C12H13ClN2O/c1-3-15(8-7-14)12(16)10-6-4-5-9(2)11(10)13/h4-6H,3,8H2,1-2H3. The average Bonchev–Trinajstić information content (AvgIpc) is 2.29. The molecule has 4 heteroatoms. The van der Waals surface area contributed by atoms with Crippen molar-refractivity contribution in [3.63, 3.8) is 0 Å². The molecule has 0 aromatic heterocycles. The topological polar surface area (TPSA) is 44.1 Å². The maximum absolute atomic E-state index is 12.0. The molecular formula is C12H13ClN2O. The fourth-order valence-corrected chi connectivity index (χ4v) is 1.60. The second-order valence-electron chi connectivity index (χ2n) is 3.41. The minimum absolute atomic E-state index is 0.0829. The maximum Gasteiger partial charge on any atom is 0.256 e. The molecule has 0 radical (unpaired) electrons. The molecule has 3 nitrogen and oxygen atoms in total. The van der Waals surface area contributed by atoms with Crippen molar-refractivity contribution in [2.24, 2.45) is 0 Å². The molecule has 16 heavy (non-hydrogen) atoms. The van der Waals surface area contributed by atoms with E-state index in [1.807, 2.05) is 26.0 Å². The zero-order valence-corrected chi connectivity index (χ0v) is 10.1. The number of carbonyl (C=O) groups is 1. The van der Waals surface area contributed by atoms with Crippen LogP contribution in [0, 0.1) is 18.3 Å². The Morgan fingerprint density at radius 3 is 2.81 bits per heavy atom. The van der Waals surface area contributed by atoms with Gasteiger partial charge in [-0.2, -0.15) is 5.26 Å². The SMILES string of the molecule is CCN(CC#N)C(=O)c1cccc(C)c1Cl. The van der Waals surface area contributed by atoms with Crippen LogP contribution in [0.1, 0.15) is 22.8 Å². The second-order valence-corrected chi connectivity index (χ2v) is 3.79. The molecule has 0 bridgehead atoms. The molecule has 0 saturated heterocycles. The Balaban J connectivity index is 3.05. The number of carbonyl (C=O) groups excluding carboxylic acids is 1. The van der Waals surface area contributed by atoms with Crippen molar-refractivity contribution in [1.82, 2.24) is 4.90 Å². The van der Waals surface area contributed by atoms with Crippen molar-refractivity contribution in [2.45, 2.75) is 13.8 Å². The molecule has 0 heterocycles. The van der Waals surface area contributed by atoms with E-state index in [9.17, 15) is 4.79 Å². The molecule has 0 saturated carbocycles. The number of halogens is 1. The minimum Gasteiger partial charge on any atom is -0.326 e. The van der Waals surface area contributed by atoms with E-state index in [-0.39, 0.29) is 12.5 Å². The summed E-state index contributed by atoms with van der Waals surface area (Å²) in [6, 6.07) is 7.28. The minimum atomic E-state index is -0.197. The van der Waals surface area contributed by atoms with E-state index in [0.717, 1.165) is 5.56 Å². The van der Waals surface area contributed by atoms with Crippen molar-refractivity contribution in [1.29, 1.82) is 5.26 Å². The van der Waals surface area contributed by atoms with Gasteiger partial charge >= 0.3 is 0 Å². The summed E-state index contributed by atoms with van der Waals surface area (Å²) in [6.07, 6.45) is 0. The van der Waals surface area contributed by atoms with Gasteiger partial charge < -0.3 is 4.90 Å². The number of rotatable bonds is 3. The molecule has 1 aromatic rings. The Kier molecular flexibility index (Phi) is 4.33. The van der Waals surface area contributed by atoms with Crippen LogP contribution < -0.4 is 0 Å². The van der Waals surface area contributed by atoms with Crippen LogP contribution in [0.4, 0.5) is 0 Å². The van der Waals surface area contributed by atoms with Gasteiger partial charge in [0.15, 0.2) is 0 Å². The van der Waals surface area contributed by atoms with E-state index in [1.54, 1.807) is 12.1 Å². The van der Waals surface area contributed by atoms with Crippen LogP contribution in [0.5, 0.6) is 0 Å². The van der Waals surface area contributed by atoms with Gasteiger partial charge in [-0.1, -0.05) is 23.7 Å². The molecule has 1 aromatic carbocycles. The summed E-state index contributed by atoms with van der Waals surface area (Å²) in [6.45, 7) is 4.26. The van der Waals surface area contributed by atoms with Crippen LogP contribution in [0.15, 0.2) is 18.2 Å². The van der Waals surface area contributed by atoms with Crippen molar-refractivity contribution < 1.29 is 4.79 Å². The molecule has 0 aliphatic carbocycles. The number of aryl methyl sites for hydroxylation is 1. The van der Waals surface area contributed by atoms with Crippen molar-refractivity contribution in [3.8, 4) is 6.07 Å². The fraction of sp³-hybridized carbons (Fsp3) is 0.333. The fourth-order valence-electron chi connectivity index (χ4n) is 1.40. The normalized spacial score (nSPS) is 9.62. The highest BCUT2D eigenvalue weighted by molar-refractivity contribution is 6.34. The van der Waals surface area contributed by atoms with E-state index in [4.69, 9.17) is 16.9 Å². The Morgan fingerprint density at radius 1 is 1.56 bits per heavy atom. The molecule has 1 rings (SSSR count). The summed E-state index contributed by atoms with van der Waals surface area (Å²) >= 11 is 6.06. The van der Waals surface area contributed by atoms with Crippen LogP contribution in [-0.4, -0.2) is 23.9 Å². The lowest BCUT2D eigenvalue weighted by molar-refractivity contribution is 0.0784. The van der Waals surface area contributed by atoms with Gasteiger partial charge in [0, 0.05) is 6.54 Å². The molecule has 0 spiro atoms. The van der Waals surface area contributed by atoms with Gasteiger partial charge in [0.1, 0.15) is 6.54 Å². The summed E-state index contributed by atoms with van der Waals surface area (Å²) in [5.74, 6) is -0.197. The molecule has 0 aliphatic rings. The van der Waals surface area contributed by atoms with Gasteiger partial charge in [0.2, 0.25) is 0 Å². The molecule has 0 N–H and O–H groups in total. The van der Waals surface area contributed by atoms with Crippen molar-refractivity contribution >= 4 is 17.5 Å². The predicted molar refractivity (Wildman–Crippen MR) is 63.4 cm³/mol. The molecular weight excluding hydrogens is 224 g/mol. The molecule has 0 unspecified atom stereocenters. The quantitative estimate of drug-likeness (QED) is 0.758. The van der Waals surface area contributed by atoms with E-state index in [0.29, 0.717) is 17.1 Å². The first-order valence-corrected chi connectivity index (χ1v) is 5.41. The van der Waals surface area contributed by atoms with Crippen LogP contribution >= 0.6 is 11.6 Å². The molecule has 0 atom stereocenters. The first-order chi connectivity index (χ1) is 7.61. The van der Waals surface area contributed by atoms with Gasteiger partial charge in [-0.15, -0.1) is 0 Å². The Labute approximate surface area is 100 Å². The highest BCUT2D eigenvalue weighted by Gasteiger charge is 2.17. The molecule has 0 fully saturated rings. The molecule has 1 amide bonds. The van der Waals surface area contributed by atoms with Gasteiger partial charge in [-0.05, 0) is 25.5 Å². The van der Waals surface area contributed by atoms with E-state index >= 15 is 0 Å².